The van der Waals surface area contributed by atoms with Gasteiger partial charge in [0, 0.05) is 11.1 Å². The van der Waals surface area contributed by atoms with E-state index in [4.69, 9.17) is 0 Å². The van der Waals surface area contributed by atoms with Crippen molar-refractivity contribution >= 4 is 10.9 Å². The summed E-state index contributed by atoms with van der Waals surface area (Å²) in [6, 6.07) is 16.0. The van der Waals surface area contributed by atoms with Crippen LogP contribution < -0.4 is 0 Å². The molecule has 0 saturated heterocycles. The van der Waals surface area contributed by atoms with Gasteiger partial charge >= 0.3 is 0 Å². The minimum Gasteiger partial charge on any atom is -0.506 e. The van der Waals surface area contributed by atoms with E-state index < -0.39 is 0 Å². The Morgan fingerprint density at radius 1 is 0.842 bits per heavy atom. The van der Waals surface area contributed by atoms with Crippen molar-refractivity contribution < 1.29 is 5.11 Å². The Kier molecular flexibility index (Phi) is 2.71. The molecule has 2 heteroatoms. The number of fused-ring (bicyclic) bond motifs is 1. The maximum absolute atomic E-state index is 9.95. The summed E-state index contributed by atoms with van der Waals surface area (Å²) in [7, 11) is 0. The number of rotatable bonds is 1. The molecule has 1 aromatic heterocycles. The molecular formula is C17H15NO. The topological polar surface area (TPSA) is 33.1 Å². The number of aromatic hydroxyl groups is 1. The third kappa shape index (κ3) is 2.06. The fourth-order valence-electron chi connectivity index (χ4n) is 2.29. The maximum Gasteiger partial charge on any atom is 0.141 e. The molecule has 0 unspecified atom stereocenters. The van der Waals surface area contributed by atoms with E-state index in [0.717, 1.165) is 22.2 Å². The highest BCUT2D eigenvalue weighted by Gasteiger charge is 2.08. The molecule has 1 heterocycles. The zero-order valence-electron chi connectivity index (χ0n) is 11.0. The molecule has 0 aliphatic rings. The van der Waals surface area contributed by atoms with Crippen LogP contribution in [0.4, 0.5) is 0 Å². The largest absolute Gasteiger partial charge is 0.506 e. The van der Waals surface area contributed by atoms with Crippen LogP contribution in [0.25, 0.3) is 22.0 Å². The lowest BCUT2D eigenvalue weighted by atomic mass is 9.99. The van der Waals surface area contributed by atoms with E-state index in [1.807, 2.05) is 25.1 Å². The van der Waals surface area contributed by atoms with Gasteiger partial charge < -0.3 is 5.11 Å². The standard InChI is InChI=1S/C17H15NO/c1-11-3-6-13(7-4-11)14-9-10-16(19)17-15(14)8-5-12(2)18-17/h3-10,19H,1-2H3. The highest BCUT2D eigenvalue weighted by atomic mass is 16.3. The van der Waals surface area contributed by atoms with E-state index in [9.17, 15) is 5.11 Å². The molecule has 2 aromatic carbocycles. The van der Waals surface area contributed by atoms with Gasteiger partial charge in [0.15, 0.2) is 0 Å². The van der Waals surface area contributed by atoms with Gasteiger partial charge in [-0.25, -0.2) is 4.98 Å². The average Bonchev–Trinajstić information content (AvgIpc) is 2.41. The summed E-state index contributed by atoms with van der Waals surface area (Å²) >= 11 is 0. The third-order valence-electron chi connectivity index (χ3n) is 3.34. The van der Waals surface area contributed by atoms with E-state index >= 15 is 0 Å². The van der Waals surface area contributed by atoms with Crippen LogP contribution in [0.1, 0.15) is 11.3 Å². The van der Waals surface area contributed by atoms with Gasteiger partial charge in [-0.05, 0) is 43.2 Å². The SMILES string of the molecule is Cc1ccc(-c2ccc(O)c3nc(C)ccc23)cc1. The summed E-state index contributed by atoms with van der Waals surface area (Å²) in [5.41, 5.74) is 5.05. The fraction of sp³-hybridized carbons (Fsp3) is 0.118. The van der Waals surface area contributed by atoms with Gasteiger partial charge in [-0.3, -0.25) is 0 Å². The second kappa shape index (κ2) is 4.39. The molecule has 0 aliphatic carbocycles. The zero-order valence-corrected chi connectivity index (χ0v) is 11.0. The number of nitrogens with zero attached hydrogens (tertiary/aromatic N) is 1. The van der Waals surface area contributed by atoms with E-state index in [1.54, 1.807) is 6.07 Å². The van der Waals surface area contributed by atoms with Crippen LogP contribution in [0.15, 0.2) is 48.5 Å². The molecule has 3 aromatic rings. The highest BCUT2D eigenvalue weighted by molar-refractivity contribution is 5.97. The van der Waals surface area contributed by atoms with Gasteiger partial charge in [-0.1, -0.05) is 35.9 Å². The predicted molar refractivity (Wildman–Crippen MR) is 78.3 cm³/mol. The first kappa shape index (κ1) is 11.7. The number of hydrogen-bond donors (Lipinski definition) is 1. The molecule has 0 saturated carbocycles. The lowest BCUT2D eigenvalue weighted by Gasteiger charge is -2.09. The summed E-state index contributed by atoms with van der Waals surface area (Å²) < 4.78 is 0. The monoisotopic (exact) mass is 249 g/mol. The Labute approximate surface area is 112 Å². The first-order valence-electron chi connectivity index (χ1n) is 6.31. The van der Waals surface area contributed by atoms with Crippen LogP contribution in [0.2, 0.25) is 0 Å². The molecule has 0 aliphatic heterocycles. The first-order valence-corrected chi connectivity index (χ1v) is 6.31. The van der Waals surface area contributed by atoms with Gasteiger partial charge in [-0.15, -0.1) is 0 Å². The number of aryl methyl sites for hydroxylation is 2. The number of phenolic OH excluding ortho intramolecular Hbond substituents is 1. The fourth-order valence-corrected chi connectivity index (χ4v) is 2.29. The van der Waals surface area contributed by atoms with Crippen molar-refractivity contribution in [2.45, 2.75) is 13.8 Å². The number of pyridine rings is 1. The Balaban J connectivity index is 2.30. The Hall–Kier alpha value is -2.35. The lowest BCUT2D eigenvalue weighted by molar-refractivity contribution is 0.480. The van der Waals surface area contributed by atoms with Gasteiger partial charge in [-0.2, -0.15) is 0 Å². The van der Waals surface area contributed by atoms with E-state index in [-0.39, 0.29) is 5.75 Å². The molecule has 94 valence electrons. The summed E-state index contributed by atoms with van der Waals surface area (Å²) in [6.07, 6.45) is 0. The molecule has 3 rings (SSSR count). The Morgan fingerprint density at radius 3 is 2.32 bits per heavy atom. The van der Waals surface area contributed by atoms with E-state index in [2.05, 4.69) is 36.2 Å². The van der Waals surface area contributed by atoms with Crippen molar-refractivity contribution in [2.75, 3.05) is 0 Å². The lowest BCUT2D eigenvalue weighted by Crippen LogP contribution is -1.87. The van der Waals surface area contributed by atoms with Crippen LogP contribution in [0.5, 0.6) is 5.75 Å². The summed E-state index contributed by atoms with van der Waals surface area (Å²) in [6.45, 7) is 4.00. The second-order valence-corrected chi connectivity index (χ2v) is 4.85. The van der Waals surface area contributed by atoms with Crippen molar-refractivity contribution in [1.29, 1.82) is 0 Å². The molecular weight excluding hydrogens is 234 g/mol. The van der Waals surface area contributed by atoms with Crippen molar-refractivity contribution in [3.8, 4) is 16.9 Å². The molecule has 0 spiro atoms. The third-order valence-corrected chi connectivity index (χ3v) is 3.34. The molecule has 19 heavy (non-hydrogen) atoms. The highest BCUT2D eigenvalue weighted by Crippen LogP contribution is 2.32. The van der Waals surface area contributed by atoms with E-state index in [0.29, 0.717) is 5.52 Å². The number of aromatic nitrogens is 1. The van der Waals surface area contributed by atoms with Gasteiger partial charge in [0.1, 0.15) is 11.3 Å². The van der Waals surface area contributed by atoms with Crippen LogP contribution in [0.3, 0.4) is 0 Å². The minimum absolute atomic E-state index is 0.231. The van der Waals surface area contributed by atoms with Crippen LogP contribution >= 0.6 is 0 Å². The quantitative estimate of drug-likeness (QED) is 0.700. The van der Waals surface area contributed by atoms with Gasteiger partial charge in [0.05, 0.1) is 0 Å². The summed E-state index contributed by atoms with van der Waals surface area (Å²) in [4.78, 5) is 4.43. The normalized spacial score (nSPS) is 10.8. The minimum atomic E-state index is 0.231. The zero-order chi connectivity index (χ0) is 13.4. The number of benzene rings is 2. The van der Waals surface area contributed by atoms with Crippen molar-refractivity contribution in [3.63, 3.8) is 0 Å². The summed E-state index contributed by atoms with van der Waals surface area (Å²) in [5.74, 6) is 0.231. The van der Waals surface area contributed by atoms with Gasteiger partial charge in [0.25, 0.3) is 0 Å². The van der Waals surface area contributed by atoms with Crippen molar-refractivity contribution in [3.05, 3.63) is 59.8 Å². The molecule has 0 atom stereocenters. The molecule has 0 amide bonds. The number of hydrogen-bond acceptors (Lipinski definition) is 2. The first-order chi connectivity index (χ1) is 9.15. The molecule has 1 N–H and O–H groups in total. The molecule has 0 fully saturated rings. The molecule has 0 bridgehead atoms. The Bertz CT molecular complexity index is 745. The van der Waals surface area contributed by atoms with E-state index in [1.165, 1.54) is 5.56 Å². The van der Waals surface area contributed by atoms with Crippen LogP contribution in [-0.2, 0) is 0 Å². The van der Waals surface area contributed by atoms with Gasteiger partial charge in [0.2, 0.25) is 0 Å². The second-order valence-electron chi connectivity index (χ2n) is 4.85. The predicted octanol–water partition coefficient (Wildman–Crippen LogP) is 4.22. The number of phenols is 1. The van der Waals surface area contributed by atoms with Crippen LogP contribution in [-0.4, -0.2) is 10.1 Å². The van der Waals surface area contributed by atoms with Crippen LogP contribution in [0, 0.1) is 13.8 Å². The average molecular weight is 249 g/mol. The molecule has 2 nitrogen and oxygen atoms in total. The maximum atomic E-state index is 9.95. The smallest absolute Gasteiger partial charge is 0.141 e. The van der Waals surface area contributed by atoms with Crippen molar-refractivity contribution in [1.82, 2.24) is 4.98 Å². The summed E-state index contributed by atoms with van der Waals surface area (Å²) in [5, 5.41) is 10.9. The van der Waals surface area contributed by atoms with Crippen molar-refractivity contribution in [2.24, 2.45) is 0 Å². The molecule has 0 radical (unpaired) electrons. The Morgan fingerprint density at radius 2 is 1.58 bits per heavy atom.